The lowest BCUT2D eigenvalue weighted by molar-refractivity contribution is -0.133. The molecule has 0 bridgehead atoms. The summed E-state index contributed by atoms with van der Waals surface area (Å²) in [5.74, 6) is 1.07. The molecule has 1 aromatic heterocycles. The Hall–Kier alpha value is -4.10. The predicted octanol–water partition coefficient (Wildman–Crippen LogP) is 8.36. The molecule has 1 fully saturated rings. The quantitative estimate of drug-likeness (QED) is 0.220. The number of piperidine rings is 1. The van der Waals surface area contributed by atoms with E-state index in [-0.39, 0.29) is 23.3 Å². The summed E-state index contributed by atoms with van der Waals surface area (Å²) in [6, 6.07) is 25.2. The molecule has 3 aromatic carbocycles. The van der Waals surface area contributed by atoms with E-state index in [9.17, 15) is 9.59 Å². The van der Waals surface area contributed by atoms with Gasteiger partial charge in [0, 0.05) is 35.3 Å². The highest BCUT2D eigenvalue weighted by Gasteiger charge is 2.27. The van der Waals surface area contributed by atoms with Crippen molar-refractivity contribution < 1.29 is 9.59 Å². The van der Waals surface area contributed by atoms with Gasteiger partial charge in [-0.05, 0) is 86.6 Å². The number of amides is 3. The molecule has 0 radical (unpaired) electrons. The van der Waals surface area contributed by atoms with Gasteiger partial charge < -0.3 is 10.2 Å². The van der Waals surface area contributed by atoms with Gasteiger partial charge in [0.1, 0.15) is 5.82 Å². The van der Waals surface area contributed by atoms with Gasteiger partial charge in [-0.3, -0.25) is 10.1 Å². The highest BCUT2D eigenvalue weighted by Crippen LogP contribution is 2.28. The minimum atomic E-state index is -0.322. The summed E-state index contributed by atoms with van der Waals surface area (Å²) in [7, 11) is 0. The van der Waals surface area contributed by atoms with Crippen molar-refractivity contribution in [1.29, 1.82) is 0 Å². The molecule has 5 rings (SSSR count). The monoisotopic (exact) mass is 611 g/mol. The molecule has 230 valence electrons. The molecular formula is C36H42ClN5O2. The van der Waals surface area contributed by atoms with Crippen molar-refractivity contribution in [2.24, 2.45) is 5.92 Å². The van der Waals surface area contributed by atoms with E-state index in [0.717, 1.165) is 60.5 Å². The molecule has 44 heavy (non-hydrogen) atoms. The van der Waals surface area contributed by atoms with Crippen LogP contribution >= 0.6 is 11.6 Å². The van der Waals surface area contributed by atoms with Crippen LogP contribution in [0.1, 0.15) is 68.8 Å². The van der Waals surface area contributed by atoms with Gasteiger partial charge in [0.15, 0.2) is 0 Å². The third-order valence-corrected chi connectivity index (χ3v) is 8.63. The highest BCUT2D eigenvalue weighted by atomic mass is 35.5. The van der Waals surface area contributed by atoms with Gasteiger partial charge in [-0.1, -0.05) is 74.3 Å². The number of carbonyl (C=O) groups is 2. The van der Waals surface area contributed by atoms with Crippen molar-refractivity contribution in [2.45, 2.75) is 65.2 Å². The zero-order valence-electron chi connectivity index (χ0n) is 26.2. The topological polar surface area (TPSA) is 79.3 Å². The molecule has 1 unspecified atom stereocenters. The van der Waals surface area contributed by atoms with E-state index in [1.54, 1.807) is 4.68 Å². The summed E-state index contributed by atoms with van der Waals surface area (Å²) in [5.41, 5.74) is 5.66. The maximum atomic E-state index is 13.1. The van der Waals surface area contributed by atoms with Gasteiger partial charge in [-0.15, -0.1) is 0 Å². The molecule has 4 aromatic rings. The molecule has 0 aliphatic carbocycles. The maximum absolute atomic E-state index is 13.1. The molecule has 7 nitrogen and oxygen atoms in total. The van der Waals surface area contributed by atoms with E-state index in [1.165, 1.54) is 5.56 Å². The third kappa shape index (κ3) is 7.69. The Morgan fingerprint density at radius 1 is 0.955 bits per heavy atom. The minimum absolute atomic E-state index is 0.168. The van der Waals surface area contributed by atoms with Gasteiger partial charge in [0.05, 0.1) is 17.3 Å². The van der Waals surface area contributed by atoms with E-state index in [4.69, 9.17) is 16.7 Å². The molecule has 3 amide bonds. The van der Waals surface area contributed by atoms with Crippen molar-refractivity contribution >= 4 is 35.0 Å². The smallest absolute Gasteiger partial charge is 0.324 e. The van der Waals surface area contributed by atoms with Gasteiger partial charge in [-0.25, -0.2) is 9.48 Å². The lowest BCUT2D eigenvalue weighted by Crippen LogP contribution is -2.40. The summed E-state index contributed by atoms with van der Waals surface area (Å²) >= 11 is 6.02. The number of hydrogen-bond donors (Lipinski definition) is 2. The summed E-state index contributed by atoms with van der Waals surface area (Å²) in [6.07, 6.45) is 2.81. The van der Waals surface area contributed by atoms with Crippen molar-refractivity contribution in [1.82, 2.24) is 14.7 Å². The Balaban J connectivity index is 1.18. The van der Waals surface area contributed by atoms with Crippen LogP contribution in [0.4, 0.5) is 16.3 Å². The van der Waals surface area contributed by atoms with Crippen molar-refractivity contribution in [3.63, 3.8) is 0 Å². The number of halogens is 1. The number of hydrogen-bond acceptors (Lipinski definition) is 3. The largest absolute Gasteiger partial charge is 0.342 e. The molecule has 1 saturated heterocycles. The molecule has 0 spiro atoms. The first-order valence-electron chi connectivity index (χ1n) is 15.3. The number of urea groups is 1. The van der Waals surface area contributed by atoms with Crippen molar-refractivity contribution in [2.75, 3.05) is 23.7 Å². The number of aryl methyl sites for hydroxylation is 1. The van der Waals surface area contributed by atoms with Gasteiger partial charge >= 0.3 is 6.03 Å². The number of nitrogens with zero attached hydrogens (tertiary/aromatic N) is 3. The van der Waals surface area contributed by atoms with Crippen LogP contribution in [0.3, 0.4) is 0 Å². The molecular weight excluding hydrogens is 570 g/mol. The zero-order chi connectivity index (χ0) is 31.4. The number of likely N-dealkylation sites (tertiary alicyclic amines) is 1. The van der Waals surface area contributed by atoms with Gasteiger partial charge in [0.2, 0.25) is 5.91 Å². The van der Waals surface area contributed by atoms with E-state index < -0.39 is 0 Å². The van der Waals surface area contributed by atoms with Gasteiger partial charge in [-0.2, -0.15) is 5.10 Å². The third-order valence-electron chi connectivity index (χ3n) is 8.37. The normalized spacial score (nSPS) is 14.7. The fourth-order valence-electron chi connectivity index (χ4n) is 5.63. The fourth-order valence-corrected chi connectivity index (χ4v) is 5.76. The van der Waals surface area contributed by atoms with Crippen LogP contribution in [0.5, 0.6) is 0 Å². The Morgan fingerprint density at radius 3 is 2.30 bits per heavy atom. The van der Waals surface area contributed by atoms with E-state index in [1.807, 2.05) is 91.5 Å². The number of nitrogens with one attached hydrogen (secondary N) is 2. The molecule has 1 aliphatic heterocycles. The summed E-state index contributed by atoms with van der Waals surface area (Å²) in [6.45, 7) is 11.8. The van der Waals surface area contributed by atoms with Crippen molar-refractivity contribution in [3.8, 4) is 5.69 Å². The first-order valence-corrected chi connectivity index (χ1v) is 15.7. The SMILES string of the molecule is Cc1ccc(-n2nc(C(C)(C)C)cc2NC(=O)Nc2cccc(CC3CCN(C(=O)C(C)c4ccc(Cl)cc4)CC3)c2)cc1. The van der Waals surface area contributed by atoms with Crippen LogP contribution in [-0.2, 0) is 16.6 Å². The molecule has 0 saturated carbocycles. The average molecular weight is 612 g/mol. The minimum Gasteiger partial charge on any atom is -0.342 e. The second kappa shape index (κ2) is 13.3. The van der Waals surface area contributed by atoms with Gasteiger partial charge in [0.25, 0.3) is 0 Å². The average Bonchev–Trinajstić information content (AvgIpc) is 3.42. The molecule has 8 heteroatoms. The lowest BCUT2D eigenvalue weighted by atomic mass is 9.89. The molecule has 1 aliphatic rings. The highest BCUT2D eigenvalue weighted by molar-refractivity contribution is 6.30. The summed E-state index contributed by atoms with van der Waals surface area (Å²) in [5, 5.41) is 11.5. The second-order valence-electron chi connectivity index (χ2n) is 12.9. The summed E-state index contributed by atoms with van der Waals surface area (Å²) in [4.78, 5) is 28.3. The Labute approximate surface area is 265 Å². The standard InChI is InChI=1S/C36H42ClN5O2/c1-24-9-15-31(16-10-24)42-33(23-32(40-42)36(3,4)5)39-35(44)38-30-8-6-7-27(22-30)21-26-17-19-41(20-18-26)34(43)25(2)28-11-13-29(37)14-12-28/h6-16,22-23,25-26H,17-21H2,1-5H3,(H2,38,39,44). The van der Waals surface area contributed by atoms with Crippen LogP contribution in [-0.4, -0.2) is 39.7 Å². The second-order valence-corrected chi connectivity index (χ2v) is 13.4. The van der Waals surface area contributed by atoms with Crippen molar-refractivity contribution in [3.05, 3.63) is 106 Å². The fraction of sp³-hybridized carbons (Fsp3) is 0.361. The maximum Gasteiger partial charge on any atom is 0.324 e. The van der Waals surface area contributed by atoms with E-state index in [0.29, 0.717) is 16.8 Å². The Morgan fingerprint density at radius 2 is 1.64 bits per heavy atom. The first-order chi connectivity index (χ1) is 21.0. The van der Waals surface area contributed by atoms with Crippen LogP contribution in [0.2, 0.25) is 5.02 Å². The lowest BCUT2D eigenvalue weighted by Gasteiger charge is -2.34. The predicted molar refractivity (Wildman–Crippen MR) is 179 cm³/mol. The molecule has 2 heterocycles. The van der Waals surface area contributed by atoms with E-state index >= 15 is 0 Å². The van der Waals surface area contributed by atoms with E-state index in [2.05, 4.69) is 37.5 Å². The number of benzene rings is 3. The molecule has 2 N–H and O–H groups in total. The van der Waals surface area contributed by atoms with Crippen LogP contribution in [0.15, 0.2) is 78.9 Å². The number of anilines is 2. The Kier molecular flexibility index (Phi) is 9.45. The first kappa shape index (κ1) is 31.3. The zero-order valence-corrected chi connectivity index (χ0v) is 27.0. The number of rotatable bonds is 7. The Bertz CT molecular complexity index is 1600. The number of carbonyl (C=O) groups excluding carboxylic acids is 2. The van der Waals surface area contributed by atoms with Crippen LogP contribution in [0.25, 0.3) is 5.69 Å². The number of aromatic nitrogens is 2. The van der Waals surface area contributed by atoms with Crippen LogP contribution in [0, 0.1) is 12.8 Å². The summed E-state index contributed by atoms with van der Waals surface area (Å²) < 4.78 is 1.78. The molecule has 1 atom stereocenters. The van der Waals surface area contributed by atoms with Crippen LogP contribution < -0.4 is 10.6 Å².